The average Bonchev–Trinajstić information content (AvgIpc) is 1.83. The van der Waals surface area contributed by atoms with Crippen LogP contribution < -0.4 is 5.73 Å². The smallest absolute Gasteiger partial charge is 0.105 e. The molecule has 1 unspecified atom stereocenters. The Labute approximate surface area is 51.0 Å². The van der Waals surface area contributed by atoms with Crippen molar-refractivity contribution in [2.75, 3.05) is 7.11 Å². The van der Waals surface area contributed by atoms with Crippen LogP contribution in [-0.4, -0.2) is 13.3 Å². The van der Waals surface area contributed by atoms with Gasteiger partial charge in [0, 0.05) is 7.11 Å². The largest absolute Gasteiger partial charge is 0.367 e. The summed E-state index contributed by atoms with van der Waals surface area (Å²) in [6.45, 7) is 2.14. The molecule has 0 bridgehead atoms. The standard InChI is InChI=1S/C6H15NO/c1-3-4-5-6(7)8-2/h6H,3-5,7H2,1-2H3. The molecule has 0 aliphatic rings. The van der Waals surface area contributed by atoms with Crippen molar-refractivity contribution in [2.24, 2.45) is 5.73 Å². The second kappa shape index (κ2) is 5.06. The van der Waals surface area contributed by atoms with Crippen LogP contribution in [-0.2, 0) is 4.74 Å². The molecule has 0 aliphatic heterocycles. The molecule has 0 saturated carbocycles. The Balaban J connectivity index is 2.86. The van der Waals surface area contributed by atoms with Gasteiger partial charge in [-0.2, -0.15) is 0 Å². The Morgan fingerprint density at radius 1 is 1.62 bits per heavy atom. The summed E-state index contributed by atoms with van der Waals surface area (Å²) in [6.07, 6.45) is 3.29. The van der Waals surface area contributed by atoms with Crippen LogP contribution in [0, 0.1) is 0 Å². The molecular formula is C6H15NO. The number of ether oxygens (including phenoxy) is 1. The van der Waals surface area contributed by atoms with Crippen LogP contribution in [0.2, 0.25) is 0 Å². The van der Waals surface area contributed by atoms with E-state index in [4.69, 9.17) is 10.5 Å². The summed E-state index contributed by atoms with van der Waals surface area (Å²) in [7, 11) is 1.64. The molecule has 2 N–H and O–H groups in total. The Morgan fingerprint density at radius 3 is 2.62 bits per heavy atom. The molecule has 0 spiro atoms. The summed E-state index contributed by atoms with van der Waals surface area (Å²) in [5.74, 6) is 0. The highest BCUT2D eigenvalue weighted by atomic mass is 16.5. The predicted molar refractivity (Wildman–Crippen MR) is 34.5 cm³/mol. The summed E-state index contributed by atoms with van der Waals surface area (Å²) in [5.41, 5.74) is 5.44. The van der Waals surface area contributed by atoms with E-state index >= 15 is 0 Å². The van der Waals surface area contributed by atoms with Crippen LogP contribution in [0.25, 0.3) is 0 Å². The molecule has 50 valence electrons. The van der Waals surface area contributed by atoms with Gasteiger partial charge in [0.05, 0.1) is 0 Å². The van der Waals surface area contributed by atoms with Gasteiger partial charge < -0.3 is 10.5 Å². The molecule has 0 aromatic heterocycles. The van der Waals surface area contributed by atoms with Crippen molar-refractivity contribution in [3.8, 4) is 0 Å². The lowest BCUT2D eigenvalue weighted by Crippen LogP contribution is -2.21. The first-order valence-corrected chi connectivity index (χ1v) is 3.09. The zero-order valence-corrected chi connectivity index (χ0v) is 5.68. The Morgan fingerprint density at radius 2 is 2.25 bits per heavy atom. The minimum atomic E-state index is -0.0463. The number of hydrogen-bond donors (Lipinski definition) is 1. The molecule has 2 nitrogen and oxygen atoms in total. The molecule has 1 atom stereocenters. The second-order valence-corrected chi connectivity index (χ2v) is 1.92. The zero-order valence-electron chi connectivity index (χ0n) is 5.68. The summed E-state index contributed by atoms with van der Waals surface area (Å²) in [4.78, 5) is 0. The van der Waals surface area contributed by atoms with Crippen molar-refractivity contribution in [2.45, 2.75) is 32.4 Å². The molecule has 2 heteroatoms. The number of unbranched alkanes of at least 4 members (excludes halogenated alkanes) is 1. The highest BCUT2D eigenvalue weighted by molar-refractivity contribution is 4.44. The van der Waals surface area contributed by atoms with Crippen molar-refractivity contribution in [3.05, 3.63) is 0 Å². The van der Waals surface area contributed by atoms with Gasteiger partial charge in [-0.3, -0.25) is 0 Å². The minimum Gasteiger partial charge on any atom is -0.367 e. The number of hydrogen-bond acceptors (Lipinski definition) is 2. The highest BCUT2D eigenvalue weighted by Crippen LogP contribution is 1.96. The maximum Gasteiger partial charge on any atom is 0.105 e. The Kier molecular flexibility index (Phi) is 5.01. The first kappa shape index (κ1) is 7.92. The van der Waals surface area contributed by atoms with Gasteiger partial charge in [0.2, 0.25) is 0 Å². The average molecular weight is 117 g/mol. The van der Waals surface area contributed by atoms with E-state index in [-0.39, 0.29) is 6.23 Å². The molecule has 0 amide bonds. The third-order valence-corrected chi connectivity index (χ3v) is 1.14. The number of nitrogens with two attached hydrogens (primary N) is 1. The van der Waals surface area contributed by atoms with Crippen LogP contribution in [0.3, 0.4) is 0 Å². The van der Waals surface area contributed by atoms with Crippen molar-refractivity contribution in [1.29, 1.82) is 0 Å². The lowest BCUT2D eigenvalue weighted by molar-refractivity contribution is 0.0989. The van der Waals surface area contributed by atoms with Gasteiger partial charge in [-0.15, -0.1) is 0 Å². The predicted octanol–water partition coefficient (Wildman–Crippen LogP) is 1.11. The third kappa shape index (κ3) is 4.09. The van der Waals surface area contributed by atoms with Crippen LogP contribution in [0.5, 0.6) is 0 Å². The van der Waals surface area contributed by atoms with Crippen LogP contribution in [0.15, 0.2) is 0 Å². The summed E-state index contributed by atoms with van der Waals surface area (Å²) in [6, 6.07) is 0. The summed E-state index contributed by atoms with van der Waals surface area (Å²) >= 11 is 0. The fraction of sp³-hybridized carbons (Fsp3) is 1.00. The molecule has 0 heterocycles. The lowest BCUT2D eigenvalue weighted by Gasteiger charge is -2.06. The van der Waals surface area contributed by atoms with E-state index in [2.05, 4.69) is 6.92 Å². The normalized spacial score (nSPS) is 13.9. The maximum absolute atomic E-state index is 5.44. The van der Waals surface area contributed by atoms with Crippen molar-refractivity contribution < 1.29 is 4.74 Å². The quantitative estimate of drug-likeness (QED) is 0.560. The molecule has 0 rings (SSSR count). The maximum atomic E-state index is 5.44. The molecule has 0 fully saturated rings. The molecular weight excluding hydrogens is 102 g/mol. The molecule has 0 radical (unpaired) electrons. The number of methoxy groups -OCH3 is 1. The lowest BCUT2D eigenvalue weighted by atomic mass is 10.2. The van der Waals surface area contributed by atoms with Crippen molar-refractivity contribution in [3.63, 3.8) is 0 Å². The SMILES string of the molecule is CCCCC(N)OC. The van der Waals surface area contributed by atoms with Gasteiger partial charge in [-0.1, -0.05) is 13.3 Å². The summed E-state index contributed by atoms with van der Waals surface area (Å²) < 4.78 is 4.83. The van der Waals surface area contributed by atoms with E-state index in [0.717, 1.165) is 12.8 Å². The fourth-order valence-electron chi connectivity index (χ4n) is 0.523. The second-order valence-electron chi connectivity index (χ2n) is 1.92. The van der Waals surface area contributed by atoms with Crippen LogP contribution in [0.4, 0.5) is 0 Å². The van der Waals surface area contributed by atoms with E-state index in [9.17, 15) is 0 Å². The first-order chi connectivity index (χ1) is 3.81. The highest BCUT2D eigenvalue weighted by Gasteiger charge is 1.95. The molecule has 0 aromatic rings. The molecule has 0 aromatic carbocycles. The van der Waals surface area contributed by atoms with Gasteiger partial charge in [0.15, 0.2) is 0 Å². The van der Waals surface area contributed by atoms with E-state index in [1.807, 2.05) is 0 Å². The van der Waals surface area contributed by atoms with Gasteiger partial charge in [-0.25, -0.2) is 0 Å². The van der Waals surface area contributed by atoms with E-state index in [1.54, 1.807) is 7.11 Å². The molecule has 0 aliphatic carbocycles. The zero-order chi connectivity index (χ0) is 6.41. The van der Waals surface area contributed by atoms with Gasteiger partial charge in [-0.05, 0) is 12.8 Å². The monoisotopic (exact) mass is 117 g/mol. The van der Waals surface area contributed by atoms with Gasteiger partial charge in [0.1, 0.15) is 6.23 Å². The topological polar surface area (TPSA) is 35.2 Å². The van der Waals surface area contributed by atoms with E-state index in [0.29, 0.717) is 0 Å². The fourth-order valence-corrected chi connectivity index (χ4v) is 0.523. The Bertz CT molecular complexity index is 47.8. The van der Waals surface area contributed by atoms with E-state index < -0.39 is 0 Å². The third-order valence-electron chi connectivity index (χ3n) is 1.14. The van der Waals surface area contributed by atoms with Crippen LogP contribution >= 0.6 is 0 Å². The van der Waals surface area contributed by atoms with Gasteiger partial charge in [0.25, 0.3) is 0 Å². The minimum absolute atomic E-state index is 0.0463. The Hall–Kier alpha value is -0.0800. The first-order valence-electron chi connectivity index (χ1n) is 3.09. The summed E-state index contributed by atoms with van der Waals surface area (Å²) in [5, 5.41) is 0. The number of rotatable bonds is 4. The molecule has 8 heavy (non-hydrogen) atoms. The van der Waals surface area contributed by atoms with E-state index in [1.165, 1.54) is 6.42 Å². The van der Waals surface area contributed by atoms with Crippen molar-refractivity contribution >= 4 is 0 Å². The van der Waals surface area contributed by atoms with Crippen molar-refractivity contribution in [1.82, 2.24) is 0 Å². The van der Waals surface area contributed by atoms with Gasteiger partial charge >= 0.3 is 0 Å². The molecule has 0 saturated heterocycles. The van der Waals surface area contributed by atoms with Crippen LogP contribution in [0.1, 0.15) is 26.2 Å².